The Balaban J connectivity index is 1.59. The van der Waals surface area contributed by atoms with Gasteiger partial charge < -0.3 is 5.32 Å². The number of nitrogens with one attached hydrogen (secondary N) is 1. The van der Waals surface area contributed by atoms with Gasteiger partial charge in [0.15, 0.2) is 16.9 Å². The number of nitriles is 1. The largest absolute Gasteiger partial charge is 0.338 e. The summed E-state index contributed by atoms with van der Waals surface area (Å²) in [4.78, 5) is 26.1. The monoisotopic (exact) mass is 465 g/mol. The van der Waals surface area contributed by atoms with Crippen molar-refractivity contribution in [3.8, 4) is 6.07 Å². The molecule has 1 unspecified atom stereocenters. The third-order valence-electron chi connectivity index (χ3n) is 4.39. The lowest BCUT2D eigenvalue weighted by molar-refractivity contribution is -0.116. The van der Waals surface area contributed by atoms with Gasteiger partial charge in [-0.2, -0.15) is 5.26 Å². The number of para-hydroxylation sites is 2. The predicted octanol–water partition coefficient (Wildman–Crippen LogP) is 5.76. The molecule has 9 heteroatoms. The highest BCUT2D eigenvalue weighted by Gasteiger charge is 2.24. The SMILES string of the molecule is Cc1csc(C(C#N)C(=O)CSc2nc(Nc3ccccc3Cl)c3ccccc3n2)n1. The summed E-state index contributed by atoms with van der Waals surface area (Å²) in [7, 11) is 0. The molecule has 2 aromatic carbocycles. The maximum absolute atomic E-state index is 12.7. The Morgan fingerprint density at radius 1 is 1.19 bits per heavy atom. The van der Waals surface area contributed by atoms with Crippen LogP contribution in [0.4, 0.5) is 11.5 Å². The Hall–Kier alpha value is -2.99. The number of anilines is 2. The number of ketones is 1. The molecule has 0 aliphatic rings. The molecule has 0 saturated heterocycles. The standard InChI is InChI=1S/C22H16ClN5OS2/c1-13-11-30-21(25-13)15(10-24)19(29)12-31-22-27-17-8-4-2-6-14(17)20(28-22)26-18-9-5-3-7-16(18)23/h2-9,11,15H,12H2,1H3,(H,26,27,28). The third-order valence-corrected chi connectivity index (χ3v) is 6.61. The lowest BCUT2D eigenvalue weighted by atomic mass is 10.1. The van der Waals surface area contributed by atoms with Gasteiger partial charge in [-0.15, -0.1) is 11.3 Å². The molecule has 4 rings (SSSR count). The van der Waals surface area contributed by atoms with Crippen LogP contribution in [0.3, 0.4) is 0 Å². The Morgan fingerprint density at radius 2 is 1.97 bits per heavy atom. The van der Waals surface area contributed by atoms with Crippen LogP contribution < -0.4 is 5.32 Å². The van der Waals surface area contributed by atoms with Crippen molar-refractivity contribution in [3.05, 3.63) is 69.6 Å². The van der Waals surface area contributed by atoms with E-state index in [-0.39, 0.29) is 11.5 Å². The van der Waals surface area contributed by atoms with Gasteiger partial charge in [-0.3, -0.25) is 4.79 Å². The molecule has 0 bridgehead atoms. The number of carbonyl (C=O) groups is 1. The summed E-state index contributed by atoms with van der Waals surface area (Å²) < 4.78 is 0. The third kappa shape index (κ3) is 4.85. The number of aryl methyl sites for hydroxylation is 1. The van der Waals surface area contributed by atoms with Crippen molar-refractivity contribution in [2.45, 2.75) is 18.0 Å². The molecule has 0 saturated carbocycles. The van der Waals surface area contributed by atoms with E-state index in [0.29, 0.717) is 21.0 Å². The van der Waals surface area contributed by atoms with E-state index >= 15 is 0 Å². The predicted molar refractivity (Wildman–Crippen MR) is 125 cm³/mol. The van der Waals surface area contributed by atoms with E-state index in [4.69, 9.17) is 11.6 Å². The minimum atomic E-state index is -0.882. The van der Waals surface area contributed by atoms with Crippen LogP contribution >= 0.6 is 34.7 Å². The van der Waals surface area contributed by atoms with Gasteiger partial charge in [0.05, 0.1) is 28.0 Å². The highest BCUT2D eigenvalue weighted by atomic mass is 35.5. The minimum absolute atomic E-state index is 0.0702. The average molecular weight is 466 g/mol. The maximum atomic E-state index is 12.7. The second kappa shape index (κ2) is 9.43. The molecule has 1 atom stereocenters. The Morgan fingerprint density at radius 3 is 2.71 bits per heavy atom. The number of hydrogen-bond acceptors (Lipinski definition) is 8. The summed E-state index contributed by atoms with van der Waals surface area (Å²) in [5, 5.41) is 16.9. The van der Waals surface area contributed by atoms with Crippen molar-refractivity contribution < 1.29 is 4.79 Å². The highest BCUT2D eigenvalue weighted by molar-refractivity contribution is 7.99. The number of nitrogens with zero attached hydrogens (tertiary/aromatic N) is 4. The van der Waals surface area contributed by atoms with E-state index < -0.39 is 5.92 Å². The van der Waals surface area contributed by atoms with E-state index in [9.17, 15) is 10.1 Å². The molecule has 2 heterocycles. The Bertz CT molecular complexity index is 1300. The molecule has 0 aliphatic carbocycles. The van der Waals surface area contributed by atoms with Gasteiger partial charge >= 0.3 is 0 Å². The van der Waals surface area contributed by atoms with Crippen molar-refractivity contribution in [2.75, 3.05) is 11.1 Å². The molecule has 0 aliphatic heterocycles. The molecule has 31 heavy (non-hydrogen) atoms. The first-order chi connectivity index (χ1) is 15.0. The number of thiazole rings is 1. The number of fused-ring (bicyclic) bond motifs is 1. The Labute approximate surface area is 192 Å². The zero-order valence-corrected chi connectivity index (χ0v) is 18.8. The van der Waals surface area contributed by atoms with Crippen molar-refractivity contribution in [3.63, 3.8) is 0 Å². The Kier molecular flexibility index (Phi) is 6.47. The number of rotatable bonds is 7. The number of aromatic nitrogens is 3. The van der Waals surface area contributed by atoms with E-state index in [0.717, 1.165) is 22.3 Å². The summed E-state index contributed by atoms with van der Waals surface area (Å²) >= 11 is 8.81. The topological polar surface area (TPSA) is 91.6 Å². The van der Waals surface area contributed by atoms with Gasteiger partial charge in [0.25, 0.3) is 0 Å². The minimum Gasteiger partial charge on any atom is -0.338 e. The van der Waals surface area contributed by atoms with Gasteiger partial charge in [-0.25, -0.2) is 15.0 Å². The summed E-state index contributed by atoms with van der Waals surface area (Å²) in [5.41, 5.74) is 2.27. The van der Waals surface area contributed by atoms with Gasteiger partial charge in [-0.05, 0) is 31.2 Å². The molecule has 0 amide bonds. The van der Waals surface area contributed by atoms with Crippen molar-refractivity contribution in [1.82, 2.24) is 15.0 Å². The lowest BCUT2D eigenvalue weighted by Crippen LogP contribution is -2.13. The average Bonchev–Trinajstić information content (AvgIpc) is 3.20. The molecule has 0 spiro atoms. The number of carbonyl (C=O) groups excluding carboxylic acids is 1. The first-order valence-corrected chi connectivity index (χ1v) is 11.5. The molecular formula is C22H16ClN5OS2. The van der Waals surface area contributed by atoms with Crippen LogP contribution in [0.2, 0.25) is 5.02 Å². The maximum Gasteiger partial charge on any atom is 0.190 e. The number of benzene rings is 2. The van der Waals surface area contributed by atoms with Crippen LogP contribution in [-0.2, 0) is 4.79 Å². The molecular weight excluding hydrogens is 450 g/mol. The normalized spacial score (nSPS) is 11.8. The van der Waals surface area contributed by atoms with E-state index in [1.54, 1.807) is 6.07 Å². The zero-order chi connectivity index (χ0) is 21.8. The summed E-state index contributed by atoms with van der Waals surface area (Å²) in [6.07, 6.45) is 0. The van der Waals surface area contributed by atoms with Crippen LogP contribution in [0.1, 0.15) is 16.6 Å². The summed E-state index contributed by atoms with van der Waals surface area (Å²) in [5.74, 6) is -0.437. The molecule has 2 aromatic heterocycles. The molecule has 154 valence electrons. The van der Waals surface area contributed by atoms with E-state index in [1.165, 1.54) is 23.1 Å². The van der Waals surface area contributed by atoms with Crippen molar-refractivity contribution in [2.24, 2.45) is 0 Å². The lowest BCUT2D eigenvalue weighted by Gasteiger charge is -2.12. The second-order valence-corrected chi connectivity index (χ2v) is 8.86. The smallest absolute Gasteiger partial charge is 0.190 e. The van der Waals surface area contributed by atoms with Crippen LogP contribution in [0.5, 0.6) is 0 Å². The molecule has 4 aromatic rings. The van der Waals surface area contributed by atoms with Crippen molar-refractivity contribution >= 4 is 62.9 Å². The second-order valence-electron chi connectivity index (χ2n) is 6.62. The first-order valence-electron chi connectivity index (χ1n) is 9.30. The van der Waals surface area contributed by atoms with Crippen molar-refractivity contribution in [1.29, 1.82) is 5.26 Å². The highest BCUT2D eigenvalue weighted by Crippen LogP contribution is 2.30. The van der Waals surface area contributed by atoms with E-state index in [1.807, 2.05) is 54.8 Å². The summed E-state index contributed by atoms with van der Waals surface area (Å²) in [6, 6.07) is 17.1. The molecule has 0 fully saturated rings. The van der Waals surface area contributed by atoms with Crippen LogP contribution in [0.25, 0.3) is 10.9 Å². The van der Waals surface area contributed by atoms with Gasteiger partial charge in [0.1, 0.15) is 10.8 Å². The van der Waals surface area contributed by atoms with Crippen LogP contribution in [-0.4, -0.2) is 26.5 Å². The van der Waals surface area contributed by atoms with Gasteiger partial charge in [0.2, 0.25) is 0 Å². The number of hydrogen-bond donors (Lipinski definition) is 1. The zero-order valence-electron chi connectivity index (χ0n) is 16.4. The van der Waals surface area contributed by atoms with Gasteiger partial charge in [0, 0.05) is 16.5 Å². The molecule has 0 radical (unpaired) electrons. The van der Waals surface area contributed by atoms with Crippen LogP contribution in [0, 0.1) is 18.3 Å². The van der Waals surface area contributed by atoms with Gasteiger partial charge in [-0.1, -0.05) is 47.6 Å². The molecule has 1 N–H and O–H groups in total. The first kappa shape index (κ1) is 21.2. The number of thioether (sulfide) groups is 1. The summed E-state index contributed by atoms with van der Waals surface area (Å²) in [6.45, 7) is 1.84. The van der Waals surface area contributed by atoms with E-state index in [2.05, 4.69) is 26.3 Å². The fourth-order valence-electron chi connectivity index (χ4n) is 2.89. The fraction of sp³-hybridized carbons (Fsp3) is 0.136. The quantitative estimate of drug-likeness (QED) is 0.274. The fourth-order valence-corrected chi connectivity index (χ4v) is 4.69. The molecule has 6 nitrogen and oxygen atoms in total. The van der Waals surface area contributed by atoms with Crippen LogP contribution in [0.15, 0.2) is 59.1 Å². The number of halogens is 1. The number of Topliss-reactive ketones (excluding diaryl/α,β-unsaturated/α-hetero) is 1.